The van der Waals surface area contributed by atoms with Gasteiger partial charge in [0.15, 0.2) is 5.84 Å². The highest BCUT2D eigenvalue weighted by molar-refractivity contribution is 6.07. The van der Waals surface area contributed by atoms with Crippen LogP contribution in [0.4, 0.5) is 0 Å². The number of nitrogens with one attached hydrogen (secondary N) is 1. The average molecular weight is 279 g/mol. The molecule has 0 fully saturated rings. The van der Waals surface area contributed by atoms with E-state index in [0.717, 1.165) is 12.8 Å². The molecule has 0 aromatic heterocycles. The van der Waals surface area contributed by atoms with Crippen LogP contribution >= 0.6 is 0 Å². The number of hydrogen-bond donors (Lipinski definition) is 3. The topological polar surface area (TPSA) is 96.9 Å². The maximum absolute atomic E-state index is 12.2. The standard InChI is InChI=1S/C14H21N3O3/c1-20-10-6-5-9-16-14(18)12(13(15)17-19)11-7-3-2-4-8-11/h2-4,7-8,12,19H,5-6,9-10H2,1H3,(H2,15,17)(H,16,18). The molecule has 0 aliphatic heterocycles. The number of amidine groups is 1. The fourth-order valence-corrected chi connectivity index (χ4v) is 1.84. The number of hydrogen-bond acceptors (Lipinski definition) is 4. The van der Waals surface area contributed by atoms with Crippen molar-refractivity contribution >= 4 is 11.7 Å². The lowest BCUT2D eigenvalue weighted by Gasteiger charge is -2.15. The molecular formula is C14H21N3O3. The molecule has 0 spiro atoms. The van der Waals surface area contributed by atoms with E-state index in [1.54, 1.807) is 31.4 Å². The summed E-state index contributed by atoms with van der Waals surface area (Å²) in [5.74, 6) is -1.17. The maximum atomic E-state index is 12.2. The second kappa shape index (κ2) is 8.92. The van der Waals surface area contributed by atoms with Crippen molar-refractivity contribution in [3.8, 4) is 0 Å². The maximum Gasteiger partial charge on any atom is 0.235 e. The summed E-state index contributed by atoms with van der Waals surface area (Å²) in [5.41, 5.74) is 6.31. The number of carbonyl (C=O) groups excluding carboxylic acids is 1. The Kier molecular flexibility index (Phi) is 7.13. The smallest absolute Gasteiger partial charge is 0.235 e. The van der Waals surface area contributed by atoms with Crippen LogP contribution in [0, 0.1) is 0 Å². The van der Waals surface area contributed by atoms with Gasteiger partial charge in [0.2, 0.25) is 5.91 Å². The van der Waals surface area contributed by atoms with Crippen molar-refractivity contribution in [3.05, 3.63) is 35.9 Å². The predicted molar refractivity (Wildman–Crippen MR) is 76.7 cm³/mol. The van der Waals surface area contributed by atoms with E-state index in [0.29, 0.717) is 18.7 Å². The number of oxime groups is 1. The first-order chi connectivity index (χ1) is 9.70. The molecule has 0 radical (unpaired) electrons. The molecule has 1 rings (SSSR count). The number of nitrogens with two attached hydrogens (primary N) is 1. The second-order valence-electron chi connectivity index (χ2n) is 4.36. The highest BCUT2D eigenvalue weighted by Gasteiger charge is 2.24. The van der Waals surface area contributed by atoms with E-state index in [9.17, 15) is 4.79 Å². The van der Waals surface area contributed by atoms with E-state index >= 15 is 0 Å². The fraction of sp³-hybridized carbons (Fsp3) is 0.429. The third kappa shape index (κ3) is 4.89. The number of benzene rings is 1. The zero-order valence-electron chi connectivity index (χ0n) is 11.6. The van der Waals surface area contributed by atoms with Gasteiger partial charge in [-0.25, -0.2) is 0 Å². The Labute approximate surface area is 118 Å². The SMILES string of the molecule is COCCCCNC(=O)C(C(N)=NO)c1ccccc1. The molecule has 20 heavy (non-hydrogen) atoms. The first-order valence-corrected chi connectivity index (χ1v) is 6.49. The van der Waals surface area contributed by atoms with Crippen molar-refractivity contribution in [1.82, 2.24) is 5.32 Å². The largest absolute Gasteiger partial charge is 0.409 e. The minimum absolute atomic E-state index is 0.120. The third-order valence-corrected chi connectivity index (χ3v) is 2.88. The molecule has 4 N–H and O–H groups in total. The van der Waals surface area contributed by atoms with Gasteiger partial charge in [-0.1, -0.05) is 35.5 Å². The van der Waals surface area contributed by atoms with Gasteiger partial charge < -0.3 is 21.0 Å². The van der Waals surface area contributed by atoms with Crippen LogP contribution in [-0.4, -0.2) is 37.2 Å². The van der Waals surface area contributed by atoms with Crippen LogP contribution in [-0.2, 0) is 9.53 Å². The van der Waals surface area contributed by atoms with Crippen molar-refractivity contribution in [1.29, 1.82) is 0 Å². The normalized spacial score (nSPS) is 12.9. The molecule has 0 aliphatic rings. The molecule has 0 aliphatic carbocycles. The minimum Gasteiger partial charge on any atom is -0.409 e. The molecule has 1 amide bonds. The van der Waals surface area contributed by atoms with Crippen LogP contribution in [0.2, 0.25) is 0 Å². The monoisotopic (exact) mass is 279 g/mol. The van der Waals surface area contributed by atoms with Gasteiger partial charge in [-0.05, 0) is 18.4 Å². The number of amides is 1. The van der Waals surface area contributed by atoms with Crippen molar-refractivity contribution in [2.75, 3.05) is 20.3 Å². The Balaban J connectivity index is 2.63. The molecule has 6 nitrogen and oxygen atoms in total. The van der Waals surface area contributed by atoms with Gasteiger partial charge in [-0.3, -0.25) is 4.79 Å². The van der Waals surface area contributed by atoms with E-state index in [1.807, 2.05) is 6.07 Å². The zero-order chi connectivity index (χ0) is 14.8. The first-order valence-electron chi connectivity index (χ1n) is 6.49. The van der Waals surface area contributed by atoms with Crippen LogP contribution in [0.15, 0.2) is 35.5 Å². The second-order valence-corrected chi connectivity index (χ2v) is 4.36. The lowest BCUT2D eigenvalue weighted by molar-refractivity contribution is -0.121. The van der Waals surface area contributed by atoms with Gasteiger partial charge in [0.25, 0.3) is 0 Å². The summed E-state index contributed by atoms with van der Waals surface area (Å²) in [5, 5.41) is 14.6. The van der Waals surface area contributed by atoms with Crippen LogP contribution in [0.1, 0.15) is 24.3 Å². The van der Waals surface area contributed by atoms with Crippen LogP contribution in [0.5, 0.6) is 0 Å². The quantitative estimate of drug-likeness (QED) is 0.218. The summed E-state index contributed by atoms with van der Waals surface area (Å²) in [6.45, 7) is 1.20. The van der Waals surface area contributed by atoms with E-state index in [4.69, 9.17) is 15.7 Å². The van der Waals surface area contributed by atoms with Gasteiger partial charge >= 0.3 is 0 Å². The summed E-state index contributed by atoms with van der Waals surface area (Å²) >= 11 is 0. The number of ether oxygens (including phenoxy) is 1. The Morgan fingerprint density at radius 2 is 2.10 bits per heavy atom. The van der Waals surface area contributed by atoms with Gasteiger partial charge in [0.1, 0.15) is 5.92 Å². The van der Waals surface area contributed by atoms with Crippen molar-refractivity contribution < 1.29 is 14.7 Å². The summed E-state index contributed by atoms with van der Waals surface area (Å²) in [4.78, 5) is 12.2. The average Bonchev–Trinajstić information content (AvgIpc) is 2.48. The lowest BCUT2D eigenvalue weighted by atomic mass is 9.97. The van der Waals surface area contributed by atoms with Crippen molar-refractivity contribution in [3.63, 3.8) is 0 Å². The minimum atomic E-state index is -0.774. The van der Waals surface area contributed by atoms with Gasteiger partial charge in [0, 0.05) is 20.3 Å². The molecule has 6 heteroatoms. The zero-order valence-corrected chi connectivity index (χ0v) is 11.6. The Morgan fingerprint density at radius 3 is 2.70 bits per heavy atom. The number of rotatable bonds is 8. The summed E-state index contributed by atoms with van der Waals surface area (Å²) < 4.78 is 4.94. The summed E-state index contributed by atoms with van der Waals surface area (Å²) in [6, 6.07) is 8.99. The molecular weight excluding hydrogens is 258 g/mol. The molecule has 0 saturated carbocycles. The Hall–Kier alpha value is -2.08. The number of unbranched alkanes of at least 4 members (excludes halogenated alkanes) is 1. The molecule has 1 unspecified atom stereocenters. The van der Waals surface area contributed by atoms with Crippen LogP contribution < -0.4 is 11.1 Å². The van der Waals surface area contributed by atoms with Gasteiger partial charge in [-0.2, -0.15) is 0 Å². The molecule has 1 aromatic carbocycles. The van der Waals surface area contributed by atoms with E-state index in [1.165, 1.54) is 0 Å². The molecule has 110 valence electrons. The first kappa shape index (κ1) is 16.0. The number of carbonyl (C=O) groups is 1. The van der Waals surface area contributed by atoms with Crippen molar-refractivity contribution in [2.45, 2.75) is 18.8 Å². The molecule has 0 heterocycles. The molecule has 0 bridgehead atoms. The Bertz CT molecular complexity index is 435. The predicted octanol–water partition coefficient (Wildman–Crippen LogP) is 1.06. The Morgan fingerprint density at radius 1 is 1.40 bits per heavy atom. The number of methoxy groups -OCH3 is 1. The molecule has 1 aromatic rings. The van der Waals surface area contributed by atoms with E-state index in [-0.39, 0.29) is 11.7 Å². The van der Waals surface area contributed by atoms with E-state index < -0.39 is 5.92 Å². The third-order valence-electron chi connectivity index (χ3n) is 2.88. The number of nitrogens with zero attached hydrogens (tertiary/aromatic N) is 1. The van der Waals surface area contributed by atoms with Gasteiger partial charge in [-0.15, -0.1) is 0 Å². The summed E-state index contributed by atoms with van der Waals surface area (Å²) in [6.07, 6.45) is 1.69. The van der Waals surface area contributed by atoms with Crippen LogP contribution in [0.3, 0.4) is 0 Å². The highest BCUT2D eigenvalue weighted by atomic mass is 16.5. The fourth-order valence-electron chi connectivity index (χ4n) is 1.84. The highest BCUT2D eigenvalue weighted by Crippen LogP contribution is 2.16. The molecule has 1 atom stereocenters. The van der Waals surface area contributed by atoms with Crippen molar-refractivity contribution in [2.24, 2.45) is 10.9 Å². The van der Waals surface area contributed by atoms with Gasteiger partial charge in [0.05, 0.1) is 0 Å². The van der Waals surface area contributed by atoms with E-state index in [2.05, 4.69) is 10.5 Å². The molecule has 0 saturated heterocycles. The van der Waals surface area contributed by atoms with Crippen LogP contribution in [0.25, 0.3) is 0 Å². The lowest BCUT2D eigenvalue weighted by Crippen LogP contribution is -2.37. The summed E-state index contributed by atoms with van der Waals surface area (Å²) in [7, 11) is 1.64.